The van der Waals surface area contributed by atoms with E-state index < -0.39 is 11.5 Å². The fourth-order valence-corrected chi connectivity index (χ4v) is 0.927. The predicted molar refractivity (Wildman–Crippen MR) is 43.4 cm³/mol. The molecular weight excluding hydrogens is 162 g/mol. The van der Waals surface area contributed by atoms with Crippen LogP contribution in [0.2, 0.25) is 0 Å². The maximum absolute atomic E-state index is 9.13. The number of hydrogen-bond donors (Lipinski definition) is 5. The first kappa shape index (κ1) is 11.8. The number of aliphatic hydroxyl groups is 4. The molecule has 1 atom stereocenters. The highest BCUT2D eigenvalue weighted by atomic mass is 16.3. The third kappa shape index (κ3) is 3.04. The first-order valence-electron chi connectivity index (χ1n) is 3.85. The molecule has 0 saturated heterocycles. The van der Waals surface area contributed by atoms with Crippen LogP contribution in [0.1, 0.15) is 6.42 Å². The molecule has 0 aromatic rings. The van der Waals surface area contributed by atoms with Gasteiger partial charge in [-0.1, -0.05) is 0 Å². The van der Waals surface area contributed by atoms with Crippen molar-refractivity contribution in [3.63, 3.8) is 0 Å². The van der Waals surface area contributed by atoms with Gasteiger partial charge >= 0.3 is 0 Å². The topological polar surface area (TPSA) is 107 Å². The van der Waals surface area contributed by atoms with Crippen LogP contribution in [0, 0.1) is 5.41 Å². The Balaban J connectivity index is 4.09. The Kier molecular flexibility index (Phi) is 5.36. The smallest absolute Gasteiger partial charge is 0.0670 e. The Labute approximate surface area is 71.4 Å². The van der Waals surface area contributed by atoms with Crippen molar-refractivity contribution < 1.29 is 20.4 Å². The van der Waals surface area contributed by atoms with E-state index in [0.717, 1.165) is 0 Å². The van der Waals surface area contributed by atoms with Crippen molar-refractivity contribution in [2.75, 3.05) is 26.4 Å². The summed E-state index contributed by atoms with van der Waals surface area (Å²) in [4.78, 5) is 0. The van der Waals surface area contributed by atoms with Crippen LogP contribution >= 0.6 is 0 Å². The van der Waals surface area contributed by atoms with Gasteiger partial charge in [0.1, 0.15) is 0 Å². The maximum Gasteiger partial charge on any atom is 0.0670 e. The lowest BCUT2D eigenvalue weighted by Gasteiger charge is -2.29. The summed E-state index contributed by atoms with van der Waals surface area (Å²) in [6.45, 7) is -1.03. The van der Waals surface area contributed by atoms with Crippen molar-refractivity contribution in [1.29, 1.82) is 0 Å². The highest BCUT2D eigenvalue weighted by Gasteiger charge is 2.30. The fraction of sp³-hybridized carbons (Fsp3) is 1.00. The third-order valence-electron chi connectivity index (χ3n) is 1.95. The van der Waals surface area contributed by atoms with Gasteiger partial charge in [0.2, 0.25) is 0 Å². The van der Waals surface area contributed by atoms with E-state index in [9.17, 15) is 0 Å². The molecule has 5 heteroatoms. The van der Waals surface area contributed by atoms with Crippen LogP contribution in [0.5, 0.6) is 0 Å². The fourth-order valence-electron chi connectivity index (χ4n) is 0.927. The van der Waals surface area contributed by atoms with Gasteiger partial charge in [0.25, 0.3) is 0 Å². The molecule has 0 aliphatic carbocycles. The van der Waals surface area contributed by atoms with E-state index in [0.29, 0.717) is 0 Å². The van der Waals surface area contributed by atoms with Gasteiger partial charge in [0, 0.05) is 12.0 Å². The second kappa shape index (κ2) is 5.45. The molecule has 0 saturated carbocycles. The normalized spacial score (nSPS) is 14.8. The van der Waals surface area contributed by atoms with Gasteiger partial charge in [0.05, 0.1) is 25.9 Å². The minimum Gasteiger partial charge on any atom is -0.396 e. The van der Waals surface area contributed by atoms with Gasteiger partial charge in [-0.05, 0) is 6.42 Å². The molecule has 0 aliphatic heterocycles. The zero-order chi connectivity index (χ0) is 9.61. The summed E-state index contributed by atoms with van der Waals surface area (Å²) in [5.74, 6) is 0. The molecule has 6 N–H and O–H groups in total. The lowest BCUT2D eigenvalue weighted by molar-refractivity contribution is -0.0282. The van der Waals surface area contributed by atoms with Crippen molar-refractivity contribution >= 4 is 0 Å². The summed E-state index contributed by atoms with van der Waals surface area (Å²) in [5, 5.41) is 35.7. The van der Waals surface area contributed by atoms with Crippen LogP contribution in [0.3, 0.4) is 0 Å². The van der Waals surface area contributed by atoms with Crippen molar-refractivity contribution in [1.82, 2.24) is 0 Å². The van der Waals surface area contributed by atoms with E-state index in [1.165, 1.54) is 0 Å². The lowest BCUT2D eigenvalue weighted by atomic mass is 9.85. The van der Waals surface area contributed by atoms with Crippen LogP contribution in [0.25, 0.3) is 0 Å². The van der Waals surface area contributed by atoms with E-state index in [1.807, 2.05) is 0 Å². The van der Waals surface area contributed by atoms with Crippen molar-refractivity contribution in [2.24, 2.45) is 11.1 Å². The highest BCUT2D eigenvalue weighted by molar-refractivity contribution is 4.80. The quantitative estimate of drug-likeness (QED) is 0.314. The molecule has 0 aromatic carbocycles. The molecule has 0 heterocycles. The number of nitrogens with two attached hydrogens (primary N) is 1. The van der Waals surface area contributed by atoms with E-state index in [4.69, 9.17) is 26.2 Å². The number of aliphatic hydroxyl groups excluding tert-OH is 4. The molecule has 0 spiro atoms. The Hall–Kier alpha value is -0.200. The van der Waals surface area contributed by atoms with Gasteiger partial charge in [-0.15, -0.1) is 0 Å². The van der Waals surface area contributed by atoms with E-state index in [1.54, 1.807) is 0 Å². The zero-order valence-corrected chi connectivity index (χ0v) is 6.98. The molecule has 1 unspecified atom stereocenters. The lowest BCUT2D eigenvalue weighted by Crippen LogP contribution is -2.39. The summed E-state index contributed by atoms with van der Waals surface area (Å²) < 4.78 is 0. The summed E-state index contributed by atoms with van der Waals surface area (Å²) in [6.07, 6.45) is -0.691. The Bertz CT molecular complexity index is 108. The van der Waals surface area contributed by atoms with Gasteiger partial charge < -0.3 is 26.2 Å². The van der Waals surface area contributed by atoms with E-state index in [-0.39, 0.29) is 32.8 Å². The zero-order valence-electron chi connectivity index (χ0n) is 6.98. The van der Waals surface area contributed by atoms with Gasteiger partial charge in [0.15, 0.2) is 0 Å². The minimum atomic E-state index is -1.02. The molecular formula is C7H17NO4. The molecule has 12 heavy (non-hydrogen) atoms. The van der Waals surface area contributed by atoms with Crippen molar-refractivity contribution in [3.05, 3.63) is 0 Å². The second-order valence-electron chi connectivity index (χ2n) is 3.07. The average molecular weight is 179 g/mol. The largest absolute Gasteiger partial charge is 0.396 e. The molecule has 0 amide bonds. The van der Waals surface area contributed by atoms with Crippen LogP contribution in [-0.4, -0.2) is 52.9 Å². The molecule has 0 aliphatic rings. The maximum atomic E-state index is 9.13. The number of rotatable bonds is 6. The third-order valence-corrected chi connectivity index (χ3v) is 1.95. The van der Waals surface area contributed by atoms with Crippen LogP contribution < -0.4 is 5.73 Å². The van der Waals surface area contributed by atoms with Crippen molar-refractivity contribution in [3.8, 4) is 0 Å². The first-order valence-corrected chi connectivity index (χ1v) is 3.85. The molecule has 0 rings (SSSR count). The molecule has 0 aromatic heterocycles. The highest BCUT2D eigenvalue weighted by Crippen LogP contribution is 2.21. The summed E-state index contributed by atoms with van der Waals surface area (Å²) in [7, 11) is 0. The second-order valence-corrected chi connectivity index (χ2v) is 3.07. The Morgan fingerprint density at radius 1 is 1.08 bits per heavy atom. The molecule has 0 bridgehead atoms. The monoisotopic (exact) mass is 179 g/mol. The minimum absolute atomic E-state index is 0.0573. The SMILES string of the molecule is NCC(O)CC(CO)(CO)CO. The summed E-state index contributed by atoms with van der Waals surface area (Å²) in [6, 6.07) is 0. The van der Waals surface area contributed by atoms with E-state index >= 15 is 0 Å². The first-order chi connectivity index (χ1) is 5.64. The van der Waals surface area contributed by atoms with E-state index in [2.05, 4.69) is 0 Å². The summed E-state index contributed by atoms with van der Waals surface area (Å²) in [5.41, 5.74) is 4.13. The standard InChI is InChI=1S/C7H17NO4/c8-2-6(12)1-7(3-9,4-10)5-11/h6,9-12H,1-5,8H2. The molecule has 5 nitrogen and oxygen atoms in total. The van der Waals surface area contributed by atoms with Gasteiger partial charge in [-0.25, -0.2) is 0 Å². The van der Waals surface area contributed by atoms with Crippen LogP contribution in [0.15, 0.2) is 0 Å². The van der Waals surface area contributed by atoms with Crippen LogP contribution in [-0.2, 0) is 0 Å². The van der Waals surface area contributed by atoms with Crippen LogP contribution in [0.4, 0.5) is 0 Å². The van der Waals surface area contributed by atoms with Gasteiger partial charge in [-0.2, -0.15) is 0 Å². The molecule has 74 valence electrons. The predicted octanol–water partition coefficient (Wildman–Crippen LogP) is -2.34. The number of hydrogen-bond acceptors (Lipinski definition) is 5. The molecule has 0 radical (unpaired) electrons. The summed E-state index contributed by atoms with van der Waals surface area (Å²) >= 11 is 0. The molecule has 0 fully saturated rings. The van der Waals surface area contributed by atoms with Gasteiger partial charge in [-0.3, -0.25) is 0 Å². The Morgan fingerprint density at radius 3 is 1.75 bits per heavy atom. The average Bonchev–Trinajstić information content (AvgIpc) is 2.14. The Morgan fingerprint density at radius 2 is 1.50 bits per heavy atom. The van der Waals surface area contributed by atoms with Crippen molar-refractivity contribution in [2.45, 2.75) is 12.5 Å².